The lowest BCUT2D eigenvalue weighted by Gasteiger charge is -2.27. The number of hydrogen-bond acceptors (Lipinski definition) is 2. The fourth-order valence-electron chi connectivity index (χ4n) is 2.41. The van der Waals surface area contributed by atoms with Crippen molar-refractivity contribution in [3.8, 4) is 0 Å². The first-order chi connectivity index (χ1) is 7.29. The summed E-state index contributed by atoms with van der Waals surface area (Å²) in [5.74, 6) is 0.516. The van der Waals surface area contributed by atoms with Crippen LogP contribution in [-0.4, -0.2) is 11.2 Å². The Bertz CT molecular complexity index is 305. The van der Waals surface area contributed by atoms with Gasteiger partial charge in [0.2, 0.25) is 0 Å². The molecule has 1 nitrogen and oxygen atoms in total. The summed E-state index contributed by atoms with van der Waals surface area (Å²) >= 11 is 1.92. The van der Waals surface area contributed by atoms with Gasteiger partial charge in [-0.15, -0.1) is 11.3 Å². The second kappa shape index (κ2) is 5.13. The predicted molar refractivity (Wildman–Crippen MR) is 65.4 cm³/mol. The Labute approximate surface area is 96.1 Å². The maximum absolute atomic E-state index is 9.90. The number of rotatable bonds is 3. The van der Waals surface area contributed by atoms with E-state index in [0.717, 1.165) is 19.3 Å². The average Bonchev–Trinajstić information content (AvgIpc) is 2.69. The molecule has 0 amide bonds. The van der Waals surface area contributed by atoms with Crippen molar-refractivity contribution in [2.45, 2.75) is 51.6 Å². The van der Waals surface area contributed by atoms with Crippen LogP contribution < -0.4 is 0 Å². The fourth-order valence-corrected chi connectivity index (χ4v) is 3.46. The van der Waals surface area contributed by atoms with E-state index in [9.17, 15) is 5.11 Å². The van der Waals surface area contributed by atoms with Crippen molar-refractivity contribution in [1.82, 2.24) is 0 Å². The molecule has 15 heavy (non-hydrogen) atoms. The molecule has 84 valence electrons. The standard InChI is InChI=1S/C13H20OS/c1-2-11-7-8-12(15-11)9-10-5-3-4-6-13(10)14/h7-8,10,13-14H,2-6,9H2,1H3. The van der Waals surface area contributed by atoms with Crippen LogP contribution in [0.5, 0.6) is 0 Å². The minimum absolute atomic E-state index is 0.0501. The normalized spacial score (nSPS) is 26.8. The lowest BCUT2D eigenvalue weighted by atomic mass is 9.84. The SMILES string of the molecule is CCc1ccc(CC2CCCCC2O)s1. The van der Waals surface area contributed by atoms with Gasteiger partial charge in [-0.3, -0.25) is 0 Å². The molecule has 0 bridgehead atoms. The molecule has 1 aliphatic rings. The van der Waals surface area contributed by atoms with Crippen molar-refractivity contribution in [2.75, 3.05) is 0 Å². The van der Waals surface area contributed by atoms with Gasteiger partial charge in [0.15, 0.2) is 0 Å². The van der Waals surface area contributed by atoms with Crippen molar-refractivity contribution in [3.05, 3.63) is 21.9 Å². The number of aryl methyl sites for hydroxylation is 1. The molecule has 0 aromatic carbocycles. The Hall–Kier alpha value is -0.340. The van der Waals surface area contributed by atoms with Gasteiger partial charge in [-0.1, -0.05) is 19.8 Å². The molecule has 1 saturated carbocycles. The topological polar surface area (TPSA) is 20.2 Å². The van der Waals surface area contributed by atoms with Crippen LogP contribution in [0, 0.1) is 5.92 Å². The maximum atomic E-state index is 9.90. The van der Waals surface area contributed by atoms with Gasteiger partial charge in [0.05, 0.1) is 6.10 Å². The highest BCUT2D eigenvalue weighted by Gasteiger charge is 2.23. The summed E-state index contributed by atoms with van der Waals surface area (Å²) in [4.78, 5) is 2.92. The highest BCUT2D eigenvalue weighted by Crippen LogP contribution is 2.29. The summed E-state index contributed by atoms with van der Waals surface area (Å²) in [7, 11) is 0. The Morgan fingerprint density at radius 2 is 2.00 bits per heavy atom. The third kappa shape index (κ3) is 2.82. The zero-order valence-corrected chi connectivity index (χ0v) is 10.2. The van der Waals surface area contributed by atoms with E-state index in [0.29, 0.717) is 5.92 Å². The zero-order valence-electron chi connectivity index (χ0n) is 9.41. The largest absolute Gasteiger partial charge is 0.393 e. The van der Waals surface area contributed by atoms with Gasteiger partial charge in [-0.2, -0.15) is 0 Å². The van der Waals surface area contributed by atoms with E-state index < -0.39 is 0 Å². The highest BCUT2D eigenvalue weighted by molar-refractivity contribution is 7.11. The molecular weight excluding hydrogens is 204 g/mol. The van der Waals surface area contributed by atoms with Crippen LogP contribution in [0.4, 0.5) is 0 Å². The van der Waals surface area contributed by atoms with E-state index >= 15 is 0 Å². The summed E-state index contributed by atoms with van der Waals surface area (Å²) in [5.41, 5.74) is 0. The smallest absolute Gasteiger partial charge is 0.0571 e. The van der Waals surface area contributed by atoms with E-state index in [1.54, 1.807) is 0 Å². The van der Waals surface area contributed by atoms with Crippen molar-refractivity contribution in [2.24, 2.45) is 5.92 Å². The monoisotopic (exact) mass is 224 g/mol. The molecule has 1 aromatic rings. The summed E-state index contributed by atoms with van der Waals surface area (Å²) in [6.07, 6.45) is 6.91. The number of hydrogen-bond donors (Lipinski definition) is 1. The average molecular weight is 224 g/mol. The Morgan fingerprint density at radius 3 is 2.67 bits per heavy atom. The lowest BCUT2D eigenvalue weighted by molar-refractivity contribution is 0.0704. The van der Waals surface area contributed by atoms with Crippen molar-refractivity contribution >= 4 is 11.3 Å². The van der Waals surface area contributed by atoms with Crippen LogP contribution in [0.25, 0.3) is 0 Å². The predicted octanol–water partition coefficient (Wildman–Crippen LogP) is 3.40. The zero-order chi connectivity index (χ0) is 10.7. The molecule has 0 aliphatic heterocycles. The quantitative estimate of drug-likeness (QED) is 0.834. The van der Waals surface area contributed by atoms with Gasteiger partial charge < -0.3 is 5.11 Å². The van der Waals surface area contributed by atoms with Gasteiger partial charge in [0.25, 0.3) is 0 Å². The third-order valence-electron chi connectivity index (χ3n) is 3.40. The lowest BCUT2D eigenvalue weighted by Crippen LogP contribution is -2.25. The molecule has 1 fully saturated rings. The van der Waals surface area contributed by atoms with E-state index in [1.807, 2.05) is 11.3 Å². The van der Waals surface area contributed by atoms with Gasteiger partial charge in [0, 0.05) is 9.75 Å². The van der Waals surface area contributed by atoms with E-state index in [2.05, 4.69) is 19.1 Å². The minimum atomic E-state index is -0.0501. The maximum Gasteiger partial charge on any atom is 0.0571 e. The third-order valence-corrected chi connectivity index (χ3v) is 4.65. The molecular formula is C13H20OS. The molecule has 0 saturated heterocycles. The van der Waals surface area contributed by atoms with Crippen LogP contribution in [0.15, 0.2) is 12.1 Å². The molecule has 1 aromatic heterocycles. The first kappa shape index (κ1) is 11.2. The first-order valence-electron chi connectivity index (χ1n) is 6.05. The molecule has 1 N–H and O–H groups in total. The molecule has 2 heteroatoms. The minimum Gasteiger partial charge on any atom is -0.393 e. The van der Waals surface area contributed by atoms with Gasteiger partial charge in [-0.25, -0.2) is 0 Å². The Morgan fingerprint density at radius 1 is 1.27 bits per heavy atom. The summed E-state index contributed by atoms with van der Waals surface area (Å²) < 4.78 is 0. The van der Waals surface area contributed by atoms with Crippen LogP contribution >= 0.6 is 11.3 Å². The number of aliphatic hydroxyl groups excluding tert-OH is 1. The second-order valence-electron chi connectivity index (χ2n) is 4.54. The molecule has 2 rings (SSSR count). The van der Waals surface area contributed by atoms with Crippen molar-refractivity contribution in [1.29, 1.82) is 0 Å². The van der Waals surface area contributed by atoms with Crippen molar-refractivity contribution in [3.63, 3.8) is 0 Å². The van der Waals surface area contributed by atoms with Gasteiger partial charge in [0.1, 0.15) is 0 Å². The highest BCUT2D eigenvalue weighted by atomic mass is 32.1. The van der Waals surface area contributed by atoms with Gasteiger partial charge >= 0.3 is 0 Å². The summed E-state index contributed by atoms with van der Waals surface area (Å²) in [6, 6.07) is 4.47. The summed E-state index contributed by atoms with van der Waals surface area (Å²) in [6.45, 7) is 2.20. The first-order valence-corrected chi connectivity index (χ1v) is 6.87. The van der Waals surface area contributed by atoms with E-state index in [1.165, 1.54) is 29.0 Å². The molecule has 2 unspecified atom stereocenters. The van der Waals surface area contributed by atoms with Crippen LogP contribution in [0.2, 0.25) is 0 Å². The number of thiophene rings is 1. The molecule has 1 heterocycles. The Balaban J connectivity index is 1.95. The molecule has 0 radical (unpaired) electrons. The van der Waals surface area contributed by atoms with Crippen LogP contribution in [-0.2, 0) is 12.8 Å². The van der Waals surface area contributed by atoms with Crippen molar-refractivity contribution < 1.29 is 5.11 Å². The second-order valence-corrected chi connectivity index (χ2v) is 5.79. The number of aliphatic hydroxyl groups is 1. The molecule has 2 atom stereocenters. The van der Waals surface area contributed by atoms with Crippen LogP contribution in [0.3, 0.4) is 0 Å². The summed E-state index contributed by atoms with van der Waals surface area (Å²) in [5, 5.41) is 9.90. The van der Waals surface area contributed by atoms with E-state index in [-0.39, 0.29) is 6.10 Å². The van der Waals surface area contributed by atoms with Crippen LogP contribution in [0.1, 0.15) is 42.4 Å². The van der Waals surface area contributed by atoms with E-state index in [4.69, 9.17) is 0 Å². The van der Waals surface area contributed by atoms with Gasteiger partial charge in [-0.05, 0) is 43.7 Å². The fraction of sp³-hybridized carbons (Fsp3) is 0.692. The molecule has 1 aliphatic carbocycles. The molecule has 0 spiro atoms. The Kier molecular flexibility index (Phi) is 3.81.